The first-order valence-electron chi connectivity index (χ1n) is 5.34. The Kier molecular flexibility index (Phi) is 4.92. The Morgan fingerprint density at radius 3 is 2.67 bits per heavy atom. The first-order valence-corrected chi connectivity index (χ1v) is 5.34. The van der Waals surface area contributed by atoms with E-state index >= 15 is 0 Å². The molecule has 5 nitrogen and oxygen atoms in total. The van der Waals surface area contributed by atoms with Gasteiger partial charge in [0.15, 0.2) is 0 Å². The number of esters is 2. The maximum atomic E-state index is 11.2. The van der Waals surface area contributed by atoms with Crippen LogP contribution in [0.5, 0.6) is 5.75 Å². The van der Waals surface area contributed by atoms with Gasteiger partial charge in [0, 0.05) is 6.08 Å². The second-order valence-electron chi connectivity index (χ2n) is 3.35. The van der Waals surface area contributed by atoms with E-state index in [0.717, 1.165) is 0 Å². The highest BCUT2D eigenvalue weighted by Crippen LogP contribution is 2.20. The van der Waals surface area contributed by atoms with Crippen molar-refractivity contribution in [1.29, 1.82) is 0 Å². The third-order valence-corrected chi connectivity index (χ3v) is 2.13. The van der Waals surface area contributed by atoms with Crippen molar-refractivity contribution in [3.63, 3.8) is 0 Å². The molecule has 0 atom stereocenters. The van der Waals surface area contributed by atoms with Gasteiger partial charge in [-0.1, -0.05) is 6.07 Å². The molecule has 96 valence electrons. The second-order valence-corrected chi connectivity index (χ2v) is 3.35. The quantitative estimate of drug-likeness (QED) is 0.651. The fourth-order valence-corrected chi connectivity index (χ4v) is 1.29. The lowest BCUT2D eigenvalue weighted by molar-refractivity contribution is -0.137. The van der Waals surface area contributed by atoms with Gasteiger partial charge < -0.3 is 14.6 Å². The van der Waals surface area contributed by atoms with Crippen LogP contribution in [-0.2, 0) is 14.3 Å². The van der Waals surface area contributed by atoms with Crippen molar-refractivity contribution in [2.24, 2.45) is 0 Å². The van der Waals surface area contributed by atoms with Crippen LogP contribution in [-0.4, -0.2) is 30.8 Å². The van der Waals surface area contributed by atoms with Crippen molar-refractivity contribution in [2.75, 3.05) is 13.7 Å². The summed E-state index contributed by atoms with van der Waals surface area (Å²) in [6, 6.07) is 4.37. The molecular formula is C13H14O5. The zero-order valence-electron chi connectivity index (χ0n) is 10.2. The number of rotatable bonds is 4. The molecule has 0 unspecified atom stereocenters. The number of methoxy groups -OCH3 is 1. The van der Waals surface area contributed by atoms with E-state index in [2.05, 4.69) is 4.74 Å². The Hall–Kier alpha value is -2.30. The average Bonchev–Trinajstić information content (AvgIpc) is 2.36. The zero-order valence-corrected chi connectivity index (χ0v) is 10.2. The molecule has 18 heavy (non-hydrogen) atoms. The molecule has 5 heteroatoms. The van der Waals surface area contributed by atoms with Gasteiger partial charge in [0.1, 0.15) is 11.3 Å². The van der Waals surface area contributed by atoms with E-state index in [0.29, 0.717) is 12.2 Å². The van der Waals surface area contributed by atoms with Crippen molar-refractivity contribution >= 4 is 18.0 Å². The van der Waals surface area contributed by atoms with E-state index in [1.165, 1.54) is 31.4 Å². The fraction of sp³-hybridized carbons (Fsp3) is 0.231. The number of ether oxygens (including phenoxy) is 2. The lowest BCUT2D eigenvalue weighted by Crippen LogP contribution is -2.01. The number of hydrogen-bond donors (Lipinski definition) is 1. The largest absolute Gasteiger partial charge is 0.507 e. The zero-order chi connectivity index (χ0) is 13.5. The van der Waals surface area contributed by atoms with E-state index in [-0.39, 0.29) is 11.3 Å². The first kappa shape index (κ1) is 13.8. The molecule has 0 fully saturated rings. The summed E-state index contributed by atoms with van der Waals surface area (Å²) in [7, 11) is 1.23. The highest BCUT2D eigenvalue weighted by molar-refractivity contribution is 5.93. The molecule has 0 amide bonds. The van der Waals surface area contributed by atoms with Gasteiger partial charge >= 0.3 is 11.9 Å². The molecule has 0 saturated carbocycles. The second kappa shape index (κ2) is 6.44. The van der Waals surface area contributed by atoms with Crippen LogP contribution in [0, 0.1) is 0 Å². The summed E-state index contributed by atoms with van der Waals surface area (Å²) in [5, 5.41) is 9.61. The highest BCUT2D eigenvalue weighted by Gasteiger charge is 2.10. The van der Waals surface area contributed by atoms with Crippen molar-refractivity contribution < 1.29 is 24.2 Å². The highest BCUT2D eigenvalue weighted by atomic mass is 16.5. The summed E-state index contributed by atoms with van der Waals surface area (Å²) in [5.41, 5.74) is 0.652. The van der Waals surface area contributed by atoms with E-state index in [1.54, 1.807) is 13.0 Å². The Bertz CT molecular complexity index is 476. The van der Waals surface area contributed by atoms with Crippen LogP contribution in [0.1, 0.15) is 22.8 Å². The molecule has 0 saturated heterocycles. The maximum Gasteiger partial charge on any atom is 0.341 e. The van der Waals surface area contributed by atoms with Crippen molar-refractivity contribution in [1.82, 2.24) is 0 Å². The molecule has 0 spiro atoms. The van der Waals surface area contributed by atoms with E-state index < -0.39 is 11.9 Å². The number of phenolic OH excluding ortho intramolecular Hbond substituents is 1. The van der Waals surface area contributed by atoms with Crippen LogP contribution >= 0.6 is 0 Å². The molecule has 1 N–H and O–H groups in total. The number of aromatic hydroxyl groups is 1. The minimum absolute atomic E-state index is 0.0748. The van der Waals surface area contributed by atoms with Crippen LogP contribution < -0.4 is 0 Å². The average molecular weight is 250 g/mol. The smallest absolute Gasteiger partial charge is 0.341 e. The fourth-order valence-electron chi connectivity index (χ4n) is 1.29. The van der Waals surface area contributed by atoms with Gasteiger partial charge in [-0.25, -0.2) is 9.59 Å². The van der Waals surface area contributed by atoms with Gasteiger partial charge in [-0.05, 0) is 30.7 Å². The van der Waals surface area contributed by atoms with Gasteiger partial charge in [-0.15, -0.1) is 0 Å². The van der Waals surface area contributed by atoms with Crippen LogP contribution in [0.15, 0.2) is 24.3 Å². The molecule has 1 rings (SSSR count). The van der Waals surface area contributed by atoms with Crippen LogP contribution in [0.2, 0.25) is 0 Å². The molecule has 1 aromatic carbocycles. The number of phenols is 1. The van der Waals surface area contributed by atoms with Crippen LogP contribution in [0.4, 0.5) is 0 Å². The molecule has 0 aliphatic carbocycles. The molecule has 1 aromatic rings. The standard InChI is InChI=1S/C13H14O5/c1-3-18-12(15)7-5-9-4-6-10(11(14)8-9)13(16)17-2/h4-8,14H,3H2,1-2H3. The summed E-state index contributed by atoms with van der Waals surface area (Å²) in [4.78, 5) is 22.3. The van der Waals surface area contributed by atoms with Gasteiger partial charge in [0.25, 0.3) is 0 Å². The summed E-state index contributed by atoms with van der Waals surface area (Å²) in [5.74, 6) is -1.28. The van der Waals surface area contributed by atoms with Gasteiger partial charge in [-0.2, -0.15) is 0 Å². The van der Waals surface area contributed by atoms with Crippen molar-refractivity contribution in [2.45, 2.75) is 6.92 Å². The molecule has 0 aromatic heterocycles. The third-order valence-electron chi connectivity index (χ3n) is 2.13. The number of carbonyl (C=O) groups excluding carboxylic acids is 2. The first-order chi connectivity index (χ1) is 8.58. The van der Waals surface area contributed by atoms with Crippen LogP contribution in [0.25, 0.3) is 6.08 Å². The normalized spacial score (nSPS) is 10.3. The van der Waals surface area contributed by atoms with Crippen LogP contribution in [0.3, 0.4) is 0 Å². The van der Waals surface area contributed by atoms with Gasteiger partial charge in [0.05, 0.1) is 13.7 Å². The Labute approximate surface area is 105 Å². The van der Waals surface area contributed by atoms with E-state index in [4.69, 9.17) is 4.74 Å². The minimum atomic E-state index is -0.617. The predicted molar refractivity (Wildman–Crippen MR) is 65.1 cm³/mol. The third kappa shape index (κ3) is 3.62. The SMILES string of the molecule is CCOC(=O)C=Cc1ccc(C(=O)OC)c(O)c1. The summed E-state index contributed by atoms with van der Waals surface area (Å²) >= 11 is 0. The summed E-state index contributed by atoms with van der Waals surface area (Å²) < 4.78 is 9.21. The Morgan fingerprint density at radius 2 is 2.11 bits per heavy atom. The molecule has 0 radical (unpaired) electrons. The summed E-state index contributed by atoms with van der Waals surface area (Å²) in [6.07, 6.45) is 2.73. The Balaban J connectivity index is 2.85. The minimum Gasteiger partial charge on any atom is -0.507 e. The van der Waals surface area contributed by atoms with Crippen molar-refractivity contribution in [3.8, 4) is 5.75 Å². The number of carbonyl (C=O) groups is 2. The van der Waals surface area contributed by atoms with E-state index in [9.17, 15) is 14.7 Å². The predicted octanol–water partition coefficient (Wildman–Crippen LogP) is 1.76. The maximum absolute atomic E-state index is 11.2. The topological polar surface area (TPSA) is 72.8 Å². The van der Waals surface area contributed by atoms with Crippen molar-refractivity contribution in [3.05, 3.63) is 35.4 Å². The number of hydrogen-bond acceptors (Lipinski definition) is 5. The van der Waals surface area contributed by atoms with E-state index in [1.807, 2.05) is 0 Å². The molecule has 0 heterocycles. The monoisotopic (exact) mass is 250 g/mol. The molecular weight excluding hydrogens is 236 g/mol. The Morgan fingerprint density at radius 1 is 1.39 bits per heavy atom. The lowest BCUT2D eigenvalue weighted by atomic mass is 10.1. The lowest BCUT2D eigenvalue weighted by Gasteiger charge is -2.03. The van der Waals surface area contributed by atoms with Gasteiger partial charge in [0.2, 0.25) is 0 Å². The molecule has 0 aliphatic heterocycles. The summed E-state index contributed by atoms with van der Waals surface area (Å²) in [6.45, 7) is 2.01. The molecule has 0 aliphatic rings. The van der Waals surface area contributed by atoms with Gasteiger partial charge in [-0.3, -0.25) is 0 Å². The number of benzene rings is 1. The molecule has 0 bridgehead atoms.